The molecule has 0 spiro atoms. The monoisotopic (exact) mass is 341 g/mol. The lowest BCUT2D eigenvalue weighted by atomic mass is 10.0. The molecular formula is C23H23N3. The van der Waals surface area contributed by atoms with Crippen LogP contribution in [0.4, 0.5) is 5.69 Å². The van der Waals surface area contributed by atoms with Crippen LogP contribution in [0.2, 0.25) is 0 Å². The average molecular weight is 341 g/mol. The molecule has 0 fully saturated rings. The molecule has 1 heterocycles. The average Bonchev–Trinajstić information content (AvgIpc) is 2.64. The van der Waals surface area contributed by atoms with E-state index in [9.17, 15) is 0 Å². The number of hydrogen-bond donors (Lipinski definition) is 1. The number of para-hydroxylation sites is 1. The molecule has 2 aromatic carbocycles. The van der Waals surface area contributed by atoms with Gasteiger partial charge >= 0.3 is 0 Å². The van der Waals surface area contributed by atoms with Crippen LogP contribution in [0.1, 0.15) is 33.6 Å². The summed E-state index contributed by atoms with van der Waals surface area (Å²) in [5.41, 5.74) is 13.6. The lowest BCUT2D eigenvalue weighted by Crippen LogP contribution is -1.99. The minimum atomic E-state index is 0.624. The molecule has 0 aliphatic carbocycles. The fraction of sp³-hybridized carbons (Fsp3) is 0.130. The molecule has 26 heavy (non-hydrogen) atoms. The van der Waals surface area contributed by atoms with Crippen molar-refractivity contribution < 1.29 is 0 Å². The predicted octanol–water partition coefficient (Wildman–Crippen LogP) is 4.96. The molecule has 1 aromatic heterocycles. The van der Waals surface area contributed by atoms with Crippen molar-refractivity contribution in [3.63, 3.8) is 0 Å². The molecule has 0 radical (unpaired) electrons. The third-order valence-corrected chi connectivity index (χ3v) is 4.35. The second kappa shape index (κ2) is 7.79. The van der Waals surface area contributed by atoms with Crippen molar-refractivity contribution in [2.45, 2.75) is 20.3 Å². The van der Waals surface area contributed by atoms with Crippen molar-refractivity contribution in [3.05, 3.63) is 101 Å². The van der Waals surface area contributed by atoms with Gasteiger partial charge in [0.05, 0.1) is 11.4 Å². The maximum Gasteiger partial charge on any atom is 0.0883 e. The summed E-state index contributed by atoms with van der Waals surface area (Å²) < 4.78 is 0. The van der Waals surface area contributed by atoms with E-state index in [1.165, 1.54) is 16.7 Å². The summed E-state index contributed by atoms with van der Waals surface area (Å²) in [4.78, 5) is 9.23. The van der Waals surface area contributed by atoms with Gasteiger partial charge < -0.3 is 5.73 Å². The Hall–Kier alpha value is -3.20. The molecule has 0 saturated carbocycles. The molecule has 0 bridgehead atoms. The van der Waals surface area contributed by atoms with Gasteiger partial charge in [0, 0.05) is 29.6 Å². The quantitative estimate of drug-likeness (QED) is 0.527. The Bertz CT molecular complexity index is 953. The normalized spacial score (nSPS) is 11.0. The van der Waals surface area contributed by atoms with Crippen molar-refractivity contribution in [1.82, 2.24) is 4.98 Å². The van der Waals surface area contributed by atoms with Crippen molar-refractivity contribution in [1.29, 1.82) is 0 Å². The number of aryl methyl sites for hydroxylation is 2. The highest BCUT2D eigenvalue weighted by molar-refractivity contribution is 5.90. The van der Waals surface area contributed by atoms with Gasteiger partial charge in [-0.3, -0.25) is 9.98 Å². The van der Waals surface area contributed by atoms with Crippen LogP contribution < -0.4 is 5.73 Å². The highest BCUT2D eigenvalue weighted by Gasteiger charge is 2.06. The number of nitrogen functional groups attached to an aromatic ring is 1. The summed E-state index contributed by atoms with van der Waals surface area (Å²) in [7, 11) is 0. The van der Waals surface area contributed by atoms with E-state index < -0.39 is 0 Å². The Morgan fingerprint density at radius 3 is 2.50 bits per heavy atom. The van der Waals surface area contributed by atoms with Crippen molar-refractivity contribution in [3.8, 4) is 0 Å². The summed E-state index contributed by atoms with van der Waals surface area (Å²) >= 11 is 0. The van der Waals surface area contributed by atoms with Crippen LogP contribution in [0.25, 0.3) is 5.70 Å². The molecule has 0 aliphatic rings. The summed E-state index contributed by atoms with van der Waals surface area (Å²) in [5.74, 6) is 0. The molecule has 3 aromatic rings. The second-order valence-electron chi connectivity index (χ2n) is 6.46. The number of aromatic nitrogens is 1. The van der Waals surface area contributed by atoms with E-state index in [2.05, 4.69) is 55.8 Å². The lowest BCUT2D eigenvalue weighted by molar-refractivity contribution is 1.03. The first kappa shape index (κ1) is 17.6. The van der Waals surface area contributed by atoms with Crippen molar-refractivity contribution in [2.24, 2.45) is 4.99 Å². The van der Waals surface area contributed by atoms with Crippen LogP contribution in [0, 0.1) is 13.8 Å². The van der Waals surface area contributed by atoms with Crippen LogP contribution in [0.5, 0.6) is 0 Å². The Morgan fingerprint density at radius 1 is 1.04 bits per heavy atom. The molecule has 0 amide bonds. The molecule has 3 nitrogen and oxygen atoms in total. The van der Waals surface area contributed by atoms with Gasteiger partial charge in [-0.05, 0) is 37.1 Å². The molecular weight excluding hydrogens is 318 g/mol. The van der Waals surface area contributed by atoms with Gasteiger partial charge in [0.15, 0.2) is 0 Å². The number of anilines is 1. The fourth-order valence-corrected chi connectivity index (χ4v) is 2.65. The summed E-state index contributed by atoms with van der Waals surface area (Å²) in [6.45, 7) is 8.23. The molecule has 0 aliphatic heterocycles. The van der Waals surface area contributed by atoms with Crippen LogP contribution >= 0.6 is 0 Å². The van der Waals surface area contributed by atoms with Gasteiger partial charge in [-0.25, -0.2) is 0 Å². The van der Waals surface area contributed by atoms with Gasteiger partial charge in [-0.2, -0.15) is 0 Å². The third kappa shape index (κ3) is 4.25. The summed E-state index contributed by atoms with van der Waals surface area (Å²) in [5, 5.41) is 0. The van der Waals surface area contributed by atoms with Gasteiger partial charge in [-0.15, -0.1) is 0 Å². The van der Waals surface area contributed by atoms with Crippen LogP contribution in [-0.4, -0.2) is 11.2 Å². The minimum Gasteiger partial charge on any atom is -0.398 e. The molecule has 0 unspecified atom stereocenters. The minimum absolute atomic E-state index is 0.624. The van der Waals surface area contributed by atoms with E-state index in [1.807, 2.05) is 30.3 Å². The first-order valence-corrected chi connectivity index (χ1v) is 8.63. The largest absolute Gasteiger partial charge is 0.398 e. The van der Waals surface area contributed by atoms with E-state index >= 15 is 0 Å². The molecule has 0 atom stereocenters. The maximum absolute atomic E-state index is 5.95. The number of pyridine rings is 1. The highest BCUT2D eigenvalue weighted by atomic mass is 14.8. The highest BCUT2D eigenvalue weighted by Crippen LogP contribution is 2.18. The Labute approximate surface area is 155 Å². The predicted molar refractivity (Wildman–Crippen MR) is 110 cm³/mol. The summed E-state index contributed by atoms with van der Waals surface area (Å²) in [6.07, 6.45) is 2.53. The van der Waals surface area contributed by atoms with E-state index in [1.54, 1.807) is 6.21 Å². The number of aliphatic imine (C=N–C) groups is 1. The van der Waals surface area contributed by atoms with Crippen LogP contribution in [0.3, 0.4) is 0 Å². The Balaban J connectivity index is 1.81. The number of benzene rings is 2. The third-order valence-electron chi connectivity index (χ3n) is 4.35. The van der Waals surface area contributed by atoms with E-state index in [-0.39, 0.29) is 0 Å². The molecule has 130 valence electrons. The zero-order chi connectivity index (χ0) is 18.5. The smallest absolute Gasteiger partial charge is 0.0883 e. The molecule has 3 heteroatoms. The SMILES string of the molecule is C=C(N=Cc1ccccc1N)c1ccc(C)c(Cc2ccc(C)cc2)n1. The zero-order valence-corrected chi connectivity index (χ0v) is 15.2. The maximum atomic E-state index is 5.95. The van der Waals surface area contributed by atoms with E-state index in [0.29, 0.717) is 11.4 Å². The first-order valence-electron chi connectivity index (χ1n) is 8.63. The number of nitrogens with two attached hydrogens (primary N) is 1. The van der Waals surface area contributed by atoms with Crippen molar-refractivity contribution in [2.75, 3.05) is 5.73 Å². The van der Waals surface area contributed by atoms with Gasteiger partial charge in [0.1, 0.15) is 0 Å². The molecule has 0 saturated heterocycles. The van der Waals surface area contributed by atoms with Crippen LogP contribution in [-0.2, 0) is 6.42 Å². The Kier molecular flexibility index (Phi) is 5.28. The molecule has 3 rings (SSSR count). The van der Waals surface area contributed by atoms with Gasteiger partial charge in [0.25, 0.3) is 0 Å². The standard InChI is InChI=1S/C23H23N3/c1-16-8-11-19(12-9-16)14-23-17(2)10-13-22(26-23)18(3)25-15-20-6-4-5-7-21(20)24/h4-13,15H,3,14,24H2,1-2H3. The lowest BCUT2D eigenvalue weighted by Gasteiger charge is -2.09. The topological polar surface area (TPSA) is 51.3 Å². The summed E-state index contributed by atoms with van der Waals surface area (Å²) in [6, 6.07) is 20.2. The number of hydrogen-bond acceptors (Lipinski definition) is 3. The van der Waals surface area contributed by atoms with E-state index in [4.69, 9.17) is 10.7 Å². The number of rotatable bonds is 5. The van der Waals surface area contributed by atoms with Crippen molar-refractivity contribution >= 4 is 17.6 Å². The first-order chi connectivity index (χ1) is 12.5. The number of nitrogens with zero attached hydrogens (tertiary/aromatic N) is 2. The van der Waals surface area contributed by atoms with E-state index in [0.717, 1.165) is 23.4 Å². The second-order valence-corrected chi connectivity index (χ2v) is 6.46. The van der Waals surface area contributed by atoms with Gasteiger partial charge in [-0.1, -0.05) is 60.7 Å². The Morgan fingerprint density at radius 2 is 1.77 bits per heavy atom. The van der Waals surface area contributed by atoms with Gasteiger partial charge in [0.2, 0.25) is 0 Å². The van der Waals surface area contributed by atoms with Crippen LogP contribution in [0.15, 0.2) is 72.2 Å². The fourth-order valence-electron chi connectivity index (χ4n) is 2.65. The zero-order valence-electron chi connectivity index (χ0n) is 15.2. The molecule has 2 N–H and O–H groups in total.